The van der Waals surface area contributed by atoms with Crippen molar-refractivity contribution in [2.24, 2.45) is 16.8 Å². The van der Waals surface area contributed by atoms with Crippen molar-refractivity contribution >= 4 is 35.9 Å². The summed E-state index contributed by atoms with van der Waals surface area (Å²) in [5.74, 6) is 2.20. The number of nitrogens with one attached hydrogen (secondary N) is 1. The van der Waals surface area contributed by atoms with E-state index in [0.29, 0.717) is 19.7 Å². The van der Waals surface area contributed by atoms with E-state index in [2.05, 4.69) is 29.1 Å². The van der Waals surface area contributed by atoms with Crippen LogP contribution in [0.4, 0.5) is 0 Å². The van der Waals surface area contributed by atoms with Crippen LogP contribution in [0.15, 0.2) is 23.2 Å². The van der Waals surface area contributed by atoms with Gasteiger partial charge in [-0.1, -0.05) is 19.9 Å². The number of nitrogens with zero attached hydrogens (tertiary/aromatic N) is 2. The van der Waals surface area contributed by atoms with Gasteiger partial charge in [0.15, 0.2) is 17.5 Å². The van der Waals surface area contributed by atoms with Gasteiger partial charge in [0, 0.05) is 26.7 Å². The van der Waals surface area contributed by atoms with Crippen molar-refractivity contribution in [2.75, 3.05) is 41.0 Å². The normalized spacial score (nSPS) is 19.0. The zero-order valence-electron chi connectivity index (χ0n) is 17.4. The van der Waals surface area contributed by atoms with Crippen LogP contribution in [0.2, 0.25) is 0 Å². The van der Waals surface area contributed by atoms with E-state index in [1.807, 2.05) is 18.2 Å². The smallest absolute Gasteiger partial charge is 0.310 e. The van der Waals surface area contributed by atoms with Crippen LogP contribution in [0.1, 0.15) is 25.8 Å². The molecule has 1 fully saturated rings. The summed E-state index contributed by atoms with van der Waals surface area (Å²) in [4.78, 5) is 18.4. The molecular formula is C20H32IN3O4. The average Bonchev–Trinajstić information content (AvgIpc) is 3.08. The number of rotatable bonds is 7. The lowest BCUT2D eigenvalue weighted by molar-refractivity contribution is -0.145. The van der Waals surface area contributed by atoms with Crippen LogP contribution in [-0.2, 0) is 16.1 Å². The molecule has 1 aliphatic rings. The van der Waals surface area contributed by atoms with Crippen molar-refractivity contribution < 1.29 is 19.0 Å². The van der Waals surface area contributed by atoms with Crippen molar-refractivity contribution in [3.05, 3.63) is 23.8 Å². The van der Waals surface area contributed by atoms with Crippen LogP contribution in [0, 0.1) is 11.8 Å². The Morgan fingerprint density at radius 1 is 1.29 bits per heavy atom. The van der Waals surface area contributed by atoms with Gasteiger partial charge in [0.1, 0.15) is 0 Å². The quantitative estimate of drug-likeness (QED) is 0.266. The molecule has 2 unspecified atom stereocenters. The van der Waals surface area contributed by atoms with E-state index in [1.54, 1.807) is 14.2 Å². The first-order valence-electron chi connectivity index (χ1n) is 9.37. The third-order valence-corrected chi connectivity index (χ3v) is 4.77. The minimum atomic E-state index is -0.159. The molecule has 0 radical (unpaired) electrons. The van der Waals surface area contributed by atoms with Gasteiger partial charge in [-0.15, -0.1) is 24.0 Å². The second-order valence-corrected chi connectivity index (χ2v) is 6.75. The molecule has 0 amide bonds. The Bertz CT molecular complexity index is 669. The molecule has 1 aliphatic heterocycles. The zero-order chi connectivity index (χ0) is 19.8. The molecule has 0 saturated carbocycles. The van der Waals surface area contributed by atoms with Crippen LogP contribution in [0.25, 0.3) is 0 Å². The summed E-state index contributed by atoms with van der Waals surface area (Å²) in [6.45, 7) is 6.78. The number of aliphatic imine (C=N–C) groups is 1. The summed E-state index contributed by atoms with van der Waals surface area (Å²) in [7, 11) is 4.83. The highest BCUT2D eigenvalue weighted by molar-refractivity contribution is 14.0. The lowest BCUT2D eigenvalue weighted by atomic mass is 9.99. The molecule has 0 aromatic heterocycles. The van der Waals surface area contributed by atoms with Crippen LogP contribution in [0.3, 0.4) is 0 Å². The van der Waals surface area contributed by atoms with Gasteiger partial charge in [-0.2, -0.15) is 0 Å². The van der Waals surface area contributed by atoms with E-state index in [4.69, 9.17) is 14.2 Å². The van der Waals surface area contributed by atoms with Gasteiger partial charge in [0.2, 0.25) is 0 Å². The standard InChI is InChI=1S/C20H31N3O4.HI/c1-6-9-27-17-8-7-15(10-18(17)25-4)11-22-20(21-3)23-12-14(2)16(13-23)19(24)26-5;/h7-8,10,14,16H,6,9,11-13H2,1-5H3,(H,21,22);1H. The second-order valence-electron chi connectivity index (χ2n) is 6.75. The van der Waals surface area contributed by atoms with Gasteiger partial charge in [-0.3, -0.25) is 9.79 Å². The first-order chi connectivity index (χ1) is 13.0. The number of ether oxygens (including phenoxy) is 3. The van der Waals surface area contributed by atoms with Gasteiger partial charge in [0.05, 0.1) is 26.7 Å². The van der Waals surface area contributed by atoms with Crippen molar-refractivity contribution in [2.45, 2.75) is 26.8 Å². The fourth-order valence-electron chi connectivity index (χ4n) is 3.26. The lowest BCUT2D eigenvalue weighted by Crippen LogP contribution is -2.40. The first kappa shape index (κ1) is 24.3. The highest BCUT2D eigenvalue weighted by Crippen LogP contribution is 2.28. The third-order valence-electron chi connectivity index (χ3n) is 4.77. The first-order valence-corrected chi connectivity index (χ1v) is 9.37. The maximum atomic E-state index is 11.9. The molecule has 2 atom stereocenters. The number of halogens is 1. The summed E-state index contributed by atoms with van der Waals surface area (Å²) in [5.41, 5.74) is 1.06. The molecule has 1 aromatic carbocycles. The molecule has 1 saturated heterocycles. The van der Waals surface area contributed by atoms with Crippen molar-refractivity contribution in [1.29, 1.82) is 0 Å². The van der Waals surface area contributed by atoms with Gasteiger partial charge in [-0.05, 0) is 30.0 Å². The van der Waals surface area contributed by atoms with Crippen molar-refractivity contribution in [1.82, 2.24) is 10.2 Å². The van der Waals surface area contributed by atoms with Crippen molar-refractivity contribution in [3.8, 4) is 11.5 Å². The highest BCUT2D eigenvalue weighted by atomic mass is 127. The fraction of sp³-hybridized carbons (Fsp3) is 0.600. The van der Waals surface area contributed by atoms with Crippen LogP contribution < -0.4 is 14.8 Å². The third kappa shape index (κ3) is 6.15. The Morgan fingerprint density at radius 2 is 2.04 bits per heavy atom. The average molecular weight is 505 g/mol. The summed E-state index contributed by atoms with van der Waals surface area (Å²) in [6.07, 6.45) is 0.948. The van der Waals surface area contributed by atoms with Crippen LogP contribution in [0.5, 0.6) is 11.5 Å². The monoisotopic (exact) mass is 505 g/mol. The topological polar surface area (TPSA) is 72.4 Å². The lowest BCUT2D eigenvalue weighted by Gasteiger charge is -2.22. The number of hydrogen-bond acceptors (Lipinski definition) is 5. The van der Waals surface area contributed by atoms with E-state index in [1.165, 1.54) is 7.11 Å². The van der Waals surface area contributed by atoms with Gasteiger partial charge in [0.25, 0.3) is 0 Å². The van der Waals surface area contributed by atoms with E-state index in [0.717, 1.165) is 36.0 Å². The molecule has 158 valence electrons. The molecule has 0 spiro atoms. The maximum absolute atomic E-state index is 11.9. The highest BCUT2D eigenvalue weighted by Gasteiger charge is 2.36. The molecule has 0 aliphatic carbocycles. The number of esters is 1. The summed E-state index contributed by atoms with van der Waals surface area (Å²) in [6, 6.07) is 5.91. The molecule has 1 aromatic rings. The Morgan fingerprint density at radius 3 is 2.64 bits per heavy atom. The number of carbonyl (C=O) groups is 1. The largest absolute Gasteiger partial charge is 0.493 e. The molecule has 8 heteroatoms. The Labute approximate surface area is 184 Å². The number of carbonyl (C=O) groups excluding carboxylic acids is 1. The number of methoxy groups -OCH3 is 2. The van der Waals surface area contributed by atoms with E-state index >= 15 is 0 Å². The van der Waals surface area contributed by atoms with E-state index in [9.17, 15) is 4.79 Å². The SMILES string of the molecule is CCCOc1ccc(CNC(=NC)N2CC(C)C(C(=O)OC)C2)cc1OC.I. The summed E-state index contributed by atoms with van der Waals surface area (Å²) < 4.78 is 16.0. The molecule has 7 nitrogen and oxygen atoms in total. The number of benzene rings is 1. The molecule has 1 N–H and O–H groups in total. The minimum absolute atomic E-state index is 0. The van der Waals surface area contributed by atoms with Gasteiger partial charge < -0.3 is 24.4 Å². The van der Waals surface area contributed by atoms with Gasteiger partial charge in [-0.25, -0.2) is 0 Å². The molecular weight excluding hydrogens is 473 g/mol. The van der Waals surface area contributed by atoms with Gasteiger partial charge >= 0.3 is 5.97 Å². The maximum Gasteiger partial charge on any atom is 0.310 e. The molecule has 28 heavy (non-hydrogen) atoms. The number of guanidine groups is 1. The molecule has 0 bridgehead atoms. The zero-order valence-corrected chi connectivity index (χ0v) is 19.7. The van der Waals surface area contributed by atoms with Crippen LogP contribution >= 0.6 is 24.0 Å². The second kappa shape index (κ2) is 12.0. The Hall–Kier alpha value is -1.71. The van der Waals surface area contributed by atoms with Crippen molar-refractivity contribution in [3.63, 3.8) is 0 Å². The van der Waals surface area contributed by atoms with E-state index in [-0.39, 0.29) is 41.8 Å². The predicted molar refractivity (Wildman–Crippen MR) is 121 cm³/mol. The number of hydrogen-bond donors (Lipinski definition) is 1. The fourth-order valence-corrected chi connectivity index (χ4v) is 3.26. The predicted octanol–water partition coefficient (Wildman–Crippen LogP) is 2.92. The van der Waals surface area contributed by atoms with E-state index < -0.39 is 0 Å². The molecule has 2 rings (SSSR count). The summed E-state index contributed by atoms with van der Waals surface area (Å²) >= 11 is 0. The Kier molecular flexibility index (Phi) is 10.4. The van der Waals surface area contributed by atoms with Crippen LogP contribution in [-0.4, -0.2) is 57.8 Å². The molecule has 1 heterocycles. The minimum Gasteiger partial charge on any atom is -0.493 e. The number of likely N-dealkylation sites (tertiary alicyclic amines) is 1. The Balaban J connectivity index is 0.00000392. The summed E-state index contributed by atoms with van der Waals surface area (Å²) in [5, 5.41) is 3.37.